The number of nitrogens with two attached hydrogens (primary N) is 1. The second-order valence-corrected chi connectivity index (χ2v) is 6.30. The van der Waals surface area contributed by atoms with Crippen molar-refractivity contribution in [3.8, 4) is 11.1 Å². The summed E-state index contributed by atoms with van der Waals surface area (Å²) in [5, 5.41) is 2.84. The number of carbonyl (C=O) groups is 1. The van der Waals surface area contributed by atoms with Gasteiger partial charge in [0.1, 0.15) is 0 Å². The first kappa shape index (κ1) is 22.5. The maximum Gasteiger partial charge on any atom is 0.417 e. The Morgan fingerprint density at radius 2 is 1.59 bits per heavy atom. The van der Waals surface area contributed by atoms with Crippen LogP contribution in [-0.4, -0.2) is 12.5 Å². The predicted octanol–water partition coefficient (Wildman–Crippen LogP) is 5.22. The maximum absolute atomic E-state index is 13.3. The molecule has 0 saturated carbocycles. The molecule has 3 rings (SSSR count). The molecule has 0 aliphatic carbocycles. The minimum absolute atomic E-state index is 0. The van der Waals surface area contributed by atoms with Gasteiger partial charge < -0.3 is 11.1 Å². The van der Waals surface area contributed by atoms with Crippen LogP contribution in [0.1, 0.15) is 27.5 Å². The molecule has 1 atom stereocenters. The molecule has 0 radical (unpaired) electrons. The van der Waals surface area contributed by atoms with Gasteiger partial charge in [-0.25, -0.2) is 0 Å². The van der Waals surface area contributed by atoms with Gasteiger partial charge in [0.15, 0.2) is 0 Å². The average molecular weight is 421 g/mol. The summed E-state index contributed by atoms with van der Waals surface area (Å²) in [5.41, 5.74) is 6.52. The first-order valence-corrected chi connectivity index (χ1v) is 8.72. The third-order valence-corrected chi connectivity index (χ3v) is 4.41. The van der Waals surface area contributed by atoms with Crippen LogP contribution in [0.5, 0.6) is 0 Å². The van der Waals surface area contributed by atoms with Crippen LogP contribution in [0.25, 0.3) is 11.1 Å². The van der Waals surface area contributed by atoms with Gasteiger partial charge in [-0.15, -0.1) is 12.4 Å². The number of rotatable bonds is 5. The van der Waals surface area contributed by atoms with Gasteiger partial charge in [-0.1, -0.05) is 60.7 Å². The summed E-state index contributed by atoms with van der Waals surface area (Å²) in [6.07, 6.45) is -4.48. The number of nitrogens with one attached hydrogen (secondary N) is 1. The molecule has 1 amide bonds. The van der Waals surface area contributed by atoms with E-state index in [1.54, 1.807) is 18.2 Å². The molecular weight excluding hydrogens is 401 g/mol. The van der Waals surface area contributed by atoms with E-state index >= 15 is 0 Å². The molecule has 29 heavy (non-hydrogen) atoms. The summed E-state index contributed by atoms with van der Waals surface area (Å²) in [7, 11) is 0. The number of carbonyl (C=O) groups excluding carboxylic acids is 1. The molecule has 3 aromatic carbocycles. The number of benzene rings is 3. The van der Waals surface area contributed by atoms with Crippen LogP contribution in [0.4, 0.5) is 13.2 Å². The molecule has 0 fully saturated rings. The third kappa shape index (κ3) is 5.37. The predicted molar refractivity (Wildman–Crippen MR) is 110 cm³/mol. The number of hydrogen-bond donors (Lipinski definition) is 2. The summed E-state index contributed by atoms with van der Waals surface area (Å²) < 4.78 is 39.9. The van der Waals surface area contributed by atoms with E-state index < -0.39 is 17.6 Å². The second kappa shape index (κ2) is 9.58. The van der Waals surface area contributed by atoms with Crippen LogP contribution in [0.3, 0.4) is 0 Å². The van der Waals surface area contributed by atoms with E-state index in [9.17, 15) is 18.0 Å². The summed E-state index contributed by atoms with van der Waals surface area (Å²) >= 11 is 0. The van der Waals surface area contributed by atoms with E-state index in [1.165, 1.54) is 24.3 Å². The van der Waals surface area contributed by atoms with Crippen molar-refractivity contribution in [3.05, 3.63) is 95.6 Å². The fraction of sp³-hybridized carbons (Fsp3) is 0.136. The lowest BCUT2D eigenvalue weighted by molar-refractivity contribution is -0.137. The van der Waals surface area contributed by atoms with Crippen molar-refractivity contribution in [1.29, 1.82) is 0 Å². The van der Waals surface area contributed by atoms with Crippen molar-refractivity contribution < 1.29 is 18.0 Å². The van der Waals surface area contributed by atoms with Crippen molar-refractivity contribution >= 4 is 18.3 Å². The Morgan fingerprint density at radius 1 is 0.931 bits per heavy atom. The topological polar surface area (TPSA) is 55.1 Å². The van der Waals surface area contributed by atoms with Gasteiger partial charge in [-0.3, -0.25) is 4.79 Å². The Morgan fingerprint density at radius 3 is 2.24 bits per heavy atom. The van der Waals surface area contributed by atoms with Crippen LogP contribution in [0.15, 0.2) is 78.9 Å². The molecular formula is C22H20ClF3N2O. The zero-order chi connectivity index (χ0) is 20.1. The highest BCUT2D eigenvalue weighted by Crippen LogP contribution is 2.37. The summed E-state index contributed by atoms with van der Waals surface area (Å²) in [4.78, 5) is 12.7. The van der Waals surface area contributed by atoms with E-state index in [-0.39, 0.29) is 36.1 Å². The Kier molecular flexibility index (Phi) is 7.42. The second-order valence-electron chi connectivity index (χ2n) is 6.30. The number of halogens is 4. The van der Waals surface area contributed by atoms with E-state index in [4.69, 9.17) is 5.73 Å². The highest BCUT2D eigenvalue weighted by molar-refractivity contribution is 5.95. The molecule has 3 aromatic rings. The van der Waals surface area contributed by atoms with Crippen molar-refractivity contribution in [2.45, 2.75) is 12.2 Å². The molecule has 0 saturated heterocycles. The Balaban J connectivity index is 0.00000300. The van der Waals surface area contributed by atoms with Crippen molar-refractivity contribution in [2.75, 3.05) is 6.54 Å². The van der Waals surface area contributed by atoms with Gasteiger partial charge in [-0.2, -0.15) is 13.2 Å². The molecule has 3 N–H and O–H groups in total. The fourth-order valence-corrected chi connectivity index (χ4v) is 3.02. The van der Waals surface area contributed by atoms with Gasteiger partial charge in [-0.05, 0) is 34.9 Å². The highest BCUT2D eigenvalue weighted by Gasteiger charge is 2.33. The molecule has 0 aromatic heterocycles. The van der Waals surface area contributed by atoms with Crippen LogP contribution in [-0.2, 0) is 6.18 Å². The Bertz CT molecular complexity index is 962. The largest absolute Gasteiger partial charge is 0.417 e. The third-order valence-electron chi connectivity index (χ3n) is 4.41. The van der Waals surface area contributed by atoms with Crippen molar-refractivity contribution in [1.82, 2.24) is 5.32 Å². The summed E-state index contributed by atoms with van der Waals surface area (Å²) in [6.45, 7) is 0.201. The van der Waals surface area contributed by atoms with E-state index in [0.29, 0.717) is 5.56 Å². The zero-order valence-electron chi connectivity index (χ0n) is 15.3. The average Bonchev–Trinajstić information content (AvgIpc) is 2.72. The van der Waals surface area contributed by atoms with Gasteiger partial charge in [0, 0.05) is 12.1 Å². The maximum atomic E-state index is 13.3. The molecule has 0 heterocycles. The molecule has 0 aliphatic heterocycles. The first-order valence-electron chi connectivity index (χ1n) is 8.72. The lowest BCUT2D eigenvalue weighted by Gasteiger charge is -2.18. The summed E-state index contributed by atoms with van der Waals surface area (Å²) in [6, 6.07) is 20.3. The molecule has 0 aliphatic rings. The van der Waals surface area contributed by atoms with Gasteiger partial charge in [0.05, 0.1) is 11.6 Å². The van der Waals surface area contributed by atoms with Crippen molar-refractivity contribution in [2.24, 2.45) is 5.73 Å². The molecule has 3 nitrogen and oxygen atoms in total. The number of hydrogen-bond acceptors (Lipinski definition) is 2. The number of alkyl halides is 3. The SMILES string of the molecule is Cl.NC[C@H](NC(=O)c1cccc(-c2ccccc2C(F)(F)F)c1)c1ccccc1. The normalized spacial score (nSPS) is 12.0. The lowest BCUT2D eigenvalue weighted by atomic mass is 9.97. The highest BCUT2D eigenvalue weighted by atomic mass is 35.5. The number of amides is 1. The minimum atomic E-state index is -4.48. The van der Waals surface area contributed by atoms with Crippen LogP contribution < -0.4 is 11.1 Å². The molecule has 0 spiro atoms. The Labute approximate surface area is 173 Å². The summed E-state index contributed by atoms with van der Waals surface area (Å²) in [5.74, 6) is -0.398. The van der Waals surface area contributed by atoms with Crippen LogP contribution >= 0.6 is 12.4 Å². The first-order chi connectivity index (χ1) is 13.4. The van der Waals surface area contributed by atoms with Crippen LogP contribution in [0, 0.1) is 0 Å². The standard InChI is InChI=1S/C22H19F3N2O.ClH/c23-22(24,25)19-12-5-4-11-18(19)16-9-6-10-17(13-16)21(28)27-20(14-26)15-7-2-1-3-8-15;/h1-13,20H,14,26H2,(H,27,28);1H/t20-;/m0./s1. The molecule has 0 bridgehead atoms. The van der Waals surface area contributed by atoms with Crippen molar-refractivity contribution in [3.63, 3.8) is 0 Å². The van der Waals surface area contributed by atoms with E-state index in [0.717, 1.165) is 11.6 Å². The van der Waals surface area contributed by atoms with Gasteiger partial charge in [0.25, 0.3) is 5.91 Å². The lowest BCUT2D eigenvalue weighted by Crippen LogP contribution is -2.33. The molecule has 7 heteroatoms. The fourth-order valence-electron chi connectivity index (χ4n) is 3.02. The minimum Gasteiger partial charge on any atom is -0.344 e. The van der Waals surface area contributed by atoms with Gasteiger partial charge in [0.2, 0.25) is 0 Å². The smallest absolute Gasteiger partial charge is 0.344 e. The van der Waals surface area contributed by atoms with Gasteiger partial charge >= 0.3 is 6.18 Å². The molecule has 0 unspecified atom stereocenters. The Hall–Kier alpha value is -2.83. The quantitative estimate of drug-likeness (QED) is 0.594. The van der Waals surface area contributed by atoms with E-state index in [1.807, 2.05) is 30.3 Å². The van der Waals surface area contributed by atoms with Crippen LogP contribution in [0.2, 0.25) is 0 Å². The zero-order valence-corrected chi connectivity index (χ0v) is 16.1. The molecule has 152 valence electrons. The van der Waals surface area contributed by atoms with E-state index in [2.05, 4.69) is 5.32 Å². The monoisotopic (exact) mass is 420 g/mol.